The number of benzene rings is 2. The van der Waals surface area contributed by atoms with Crippen molar-refractivity contribution in [1.82, 2.24) is 10.6 Å². The lowest BCUT2D eigenvalue weighted by atomic mass is 9.97. The highest BCUT2D eigenvalue weighted by molar-refractivity contribution is 6.30. The van der Waals surface area contributed by atoms with Crippen LogP contribution in [0.4, 0.5) is 16.2 Å². The van der Waals surface area contributed by atoms with Gasteiger partial charge >= 0.3 is 6.03 Å². The fourth-order valence-corrected chi connectivity index (χ4v) is 2.70. The molecule has 29 heavy (non-hydrogen) atoms. The second-order valence-corrected chi connectivity index (χ2v) is 7.05. The average molecular weight is 417 g/mol. The van der Waals surface area contributed by atoms with E-state index in [0.717, 1.165) is 0 Å². The number of nitrogens with one attached hydrogen (secondary N) is 4. The molecule has 0 aliphatic heterocycles. The van der Waals surface area contributed by atoms with Gasteiger partial charge in [-0.2, -0.15) is 0 Å². The molecule has 0 aromatic heterocycles. The van der Waals surface area contributed by atoms with Crippen molar-refractivity contribution in [3.8, 4) is 0 Å². The van der Waals surface area contributed by atoms with Crippen molar-refractivity contribution in [1.29, 1.82) is 0 Å². The Bertz CT molecular complexity index is 853. The first kappa shape index (κ1) is 22.2. The fraction of sp³-hybridized carbons (Fsp3) is 0.286. The minimum atomic E-state index is -0.702. The van der Waals surface area contributed by atoms with E-state index in [2.05, 4.69) is 21.3 Å². The van der Waals surface area contributed by atoms with Crippen LogP contribution in [0.3, 0.4) is 0 Å². The molecular formula is C21H25ClN4O3. The number of carbonyl (C=O) groups is 3. The molecule has 0 spiro atoms. The SMILES string of the molecule is CCC(C)C(NC(=O)c1ccc(Cl)cc1)C(=O)Nc1ccc(NC(=O)NC)cc1. The third-order valence-electron chi connectivity index (χ3n) is 4.53. The minimum Gasteiger partial charge on any atom is -0.341 e. The van der Waals surface area contributed by atoms with Gasteiger partial charge in [-0.05, 0) is 54.4 Å². The van der Waals surface area contributed by atoms with Gasteiger partial charge in [-0.15, -0.1) is 0 Å². The zero-order chi connectivity index (χ0) is 21.4. The van der Waals surface area contributed by atoms with Crippen molar-refractivity contribution in [2.75, 3.05) is 17.7 Å². The van der Waals surface area contributed by atoms with Crippen molar-refractivity contribution in [2.24, 2.45) is 5.92 Å². The lowest BCUT2D eigenvalue weighted by molar-refractivity contribution is -0.119. The fourth-order valence-electron chi connectivity index (χ4n) is 2.58. The van der Waals surface area contributed by atoms with E-state index in [4.69, 9.17) is 11.6 Å². The van der Waals surface area contributed by atoms with Crippen molar-refractivity contribution in [3.05, 3.63) is 59.1 Å². The van der Waals surface area contributed by atoms with Gasteiger partial charge in [-0.1, -0.05) is 31.9 Å². The van der Waals surface area contributed by atoms with Crippen LogP contribution in [0.5, 0.6) is 0 Å². The van der Waals surface area contributed by atoms with E-state index in [1.807, 2.05) is 13.8 Å². The molecule has 4 amide bonds. The third kappa shape index (κ3) is 6.50. The predicted octanol–water partition coefficient (Wildman–Crippen LogP) is 3.87. The maximum Gasteiger partial charge on any atom is 0.318 e. The summed E-state index contributed by atoms with van der Waals surface area (Å²) in [5.74, 6) is -0.721. The second kappa shape index (κ2) is 10.5. The number of carbonyl (C=O) groups excluding carboxylic acids is 3. The van der Waals surface area contributed by atoms with Crippen LogP contribution in [0.25, 0.3) is 0 Å². The van der Waals surface area contributed by atoms with Gasteiger partial charge in [0.15, 0.2) is 0 Å². The van der Waals surface area contributed by atoms with Gasteiger partial charge in [0.25, 0.3) is 5.91 Å². The molecule has 0 aliphatic rings. The molecule has 2 unspecified atom stereocenters. The number of hydrogen-bond donors (Lipinski definition) is 4. The highest BCUT2D eigenvalue weighted by Gasteiger charge is 2.26. The Kier molecular flexibility index (Phi) is 8.03. The summed E-state index contributed by atoms with van der Waals surface area (Å²) in [6.45, 7) is 3.86. The number of halogens is 1. The first-order valence-electron chi connectivity index (χ1n) is 9.30. The van der Waals surface area contributed by atoms with Gasteiger partial charge in [-0.25, -0.2) is 4.79 Å². The van der Waals surface area contributed by atoms with Crippen LogP contribution >= 0.6 is 11.6 Å². The standard InChI is InChI=1S/C21H25ClN4O3/c1-4-13(2)18(26-19(27)14-5-7-15(22)8-6-14)20(28)24-16-9-11-17(12-10-16)25-21(29)23-3/h5-13,18H,4H2,1-3H3,(H,24,28)(H,26,27)(H2,23,25,29). The minimum absolute atomic E-state index is 0.0690. The van der Waals surface area contributed by atoms with Crippen molar-refractivity contribution in [3.63, 3.8) is 0 Å². The number of rotatable bonds is 7. The molecular weight excluding hydrogens is 392 g/mol. The molecule has 0 aliphatic carbocycles. The smallest absolute Gasteiger partial charge is 0.318 e. The summed E-state index contributed by atoms with van der Waals surface area (Å²) in [4.78, 5) is 36.7. The lowest BCUT2D eigenvalue weighted by Gasteiger charge is -2.23. The molecule has 8 heteroatoms. The number of urea groups is 1. The Morgan fingerprint density at radius 2 is 1.48 bits per heavy atom. The Morgan fingerprint density at radius 1 is 0.931 bits per heavy atom. The summed E-state index contributed by atoms with van der Waals surface area (Å²) < 4.78 is 0. The van der Waals surface area contributed by atoms with Crippen LogP contribution < -0.4 is 21.3 Å². The summed E-state index contributed by atoms with van der Waals surface area (Å²) >= 11 is 5.86. The normalized spacial score (nSPS) is 12.4. The van der Waals surface area contributed by atoms with Crippen molar-refractivity contribution >= 4 is 40.8 Å². The molecule has 0 saturated heterocycles. The highest BCUT2D eigenvalue weighted by Crippen LogP contribution is 2.17. The summed E-state index contributed by atoms with van der Waals surface area (Å²) in [6, 6.07) is 12.2. The van der Waals surface area contributed by atoms with E-state index in [1.54, 1.807) is 48.5 Å². The lowest BCUT2D eigenvalue weighted by Crippen LogP contribution is -2.47. The molecule has 2 aromatic carbocycles. The zero-order valence-corrected chi connectivity index (χ0v) is 17.3. The first-order chi connectivity index (χ1) is 13.8. The number of anilines is 2. The van der Waals surface area contributed by atoms with E-state index >= 15 is 0 Å². The van der Waals surface area contributed by atoms with Crippen molar-refractivity contribution in [2.45, 2.75) is 26.3 Å². The van der Waals surface area contributed by atoms with Gasteiger partial charge < -0.3 is 21.3 Å². The first-order valence-corrected chi connectivity index (χ1v) is 9.68. The molecule has 0 fully saturated rings. The largest absolute Gasteiger partial charge is 0.341 e. The van der Waals surface area contributed by atoms with Crippen molar-refractivity contribution < 1.29 is 14.4 Å². The molecule has 0 saturated carbocycles. The van der Waals surface area contributed by atoms with E-state index in [9.17, 15) is 14.4 Å². The van der Waals surface area contributed by atoms with E-state index < -0.39 is 6.04 Å². The number of hydrogen-bond acceptors (Lipinski definition) is 3. The summed E-state index contributed by atoms with van der Waals surface area (Å²) in [5.41, 5.74) is 1.59. The van der Waals surface area contributed by atoms with Gasteiger partial charge in [-0.3, -0.25) is 9.59 Å². The molecule has 2 aromatic rings. The Balaban J connectivity index is 2.07. The predicted molar refractivity (Wildman–Crippen MR) is 115 cm³/mol. The summed E-state index contributed by atoms with van der Waals surface area (Å²) in [6.07, 6.45) is 0.716. The summed E-state index contributed by atoms with van der Waals surface area (Å²) in [7, 11) is 1.53. The monoisotopic (exact) mass is 416 g/mol. The van der Waals surface area contributed by atoms with Crippen LogP contribution in [0, 0.1) is 5.92 Å². The van der Waals surface area contributed by atoms with Gasteiger partial charge in [0.2, 0.25) is 5.91 Å². The molecule has 154 valence electrons. The second-order valence-electron chi connectivity index (χ2n) is 6.61. The van der Waals surface area contributed by atoms with E-state index in [-0.39, 0.29) is 23.8 Å². The Morgan fingerprint density at radius 3 is 2.00 bits per heavy atom. The third-order valence-corrected chi connectivity index (χ3v) is 4.78. The molecule has 0 radical (unpaired) electrons. The number of amides is 4. The van der Waals surface area contributed by atoms with Gasteiger partial charge in [0.05, 0.1) is 0 Å². The molecule has 2 atom stereocenters. The van der Waals surface area contributed by atoms with Crippen LogP contribution in [-0.2, 0) is 4.79 Å². The highest BCUT2D eigenvalue weighted by atomic mass is 35.5. The topological polar surface area (TPSA) is 99.3 Å². The molecule has 0 bridgehead atoms. The van der Waals surface area contributed by atoms with E-state index in [0.29, 0.717) is 28.4 Å². The molecule has 7 nitrogen and oxygen atoms in total. The van der Waals surface area contributed by atoms with Crippen LogP contribution in [-0.4, -0.2) is 30.9 Å². The van der Waals surface area contributed by atoms with Crippen LogP contribution in [0.15, 0.2) is 48.5 Å². The molecule has 0 heterocycles. The van der Waals surface area contributed by atoms with E-state index in [1.165, 1.54) is 7.05 Å². The zero-order valence-electron chi connectivity index (χ0n) is 16.6. The Hall–Kier alpha value is -3.06. The molecule has 4 N–H and O–H groups in total. The van der Waals surface area contributed by atoms with Gasteiger partial charge in [0.1, 0.15) is 6.04 Å². The summed E-state index contributed by atoms with van der Waals surface area (Å²) in [5, 5.41) is 11.3. The maximum atomic E-state index is 12.8. The van der Waals surface area contributed by atoms with Crippen LogP contribution in [0.1, 0.15) is 30.6 Å². The van der Waals surface area contributed by atoms with Gasteiger partial charge in [0, 0.05) is 29.0 Å². The maximum absolute atomic E-state index is 12.8. The Labute approximate surface area is 175 Å². The molecule has 2 rings (SSSR count). The van der Waals surface area contributed by atoms with Crippen LogP contribution in [0.2, 0.25) is 5.02 Å². The quantitative estimate of drug-likeness (QED) is 0.551. The average Bonchev–Trinajstić information content (AvgIpc) is 2.72.